The molecule has 1 fully saturated rings. The highest BCUT2D eigenvalue weighted by Gasteiger charge is 2.32. The SMILES string of the molecule is CCC1=NC2CCCCCCCC2N1C. The van der Waals surface area contributed by atoms with Crippen LogP contribution in [0.2, 0.25) is 0 Å². The van der Waals surface area contributed by atoms with Crippen LogP contribution in [-0.4, -0.2) is 29.9 Å². The van der Waals surface area contributed by atoms with Crippen molar-refractivity contribution >= 4 is 5.84 Å². The fourth-order valence-electron chi connectivity index (χ4n) is 3.04. The fraction of sp³-hybridized carbons (Fsp3) is 0.923. The third-order valence-electron chi connectivity index (χ3n) is 3.98. The van der Waals surface area contributed by atoms with Crippen molar-refractivity contribution in [2.45, 2.75) is 70.4 Å². The van der Waals surface area contributed by atoms with Crippen LogP contribution in [0.1, 0.15) is 58.3 Å². The van der Waals surface area contributed by atoms with E-state index in [0.717, 1.165) is 12.5 Å². The Morgan fingerprint density at radius 1 is 1.13 bits per heavy atom. The molecule has 1 heterocycles. The average molecular weight is 208 g/mol. The molecule has 0 radical (unpaired) electrons. The van der Waals surface area contributed by atoms with E-state index >= 15 is 0 Å². The molecule has 2 nitrogen and oxygen atoms in total. The molecule has 0 spiro atoms. The summed E-state index contributed by atoms with van der Waals surface area (Å²) < 4.78 is 0. The van der Waals surface area contributed by atoms with E-state index in [4.69, 9.17) is 4.99 Å². The van der Waals surface area contributed by atoms with Crippen molar-refractivity contribution in [3.8, 4) is 0 Å². The molecule has 0 amide bonds. The van der Waals surface area contributed by atoms with Gasteiger partial charge < -0.3 is 4.90 Å². The van der Waals surface area contributed by atoms with Gasteiger partial charge >= 0.3 is 0 Å². The van der Waals surface area contributed by atoms with Gasteiger partial charge in [0.25, 0.3) is 0 Å². The Kier molecular flexibility index (Phi) is 3.66. The molecule has 0 bridgehead atoms. The zero-order valence-corrected chi connectivity index (χ0v) is 10.2. The number of nitrogens with zero attached hydrogens (tertiary/aromatic N) is 2. The second-order valence-corrected chi connectivity index (χ2v) is 4.99. The van der Waals surface area contributed by atoms with Crippen molar-refractivity contribution < 1.29 is 0 Å². The van der Waals surface area contributed by atoms with Gasteiger partial charge in [-0.25, -0.2) is 0 Å². The number of amidine groups is 1. The molecule has 2 rings (SSSR count). The first kappa shape index (κ1) is 11.0. The molecule has 2 aliphatic rings. The highest BCUT2D eigenvalue weighted by molar-refractivity contribution is 5.84. The molecule has 15 heavy (non-hydrogen) atoms. The first-order valence-electron chi connectivity index (χ1n) is 6.62. The lowest BCUT2D eigenvalue weighted by Gasteiger charge is -2.26. The molecule has 0 aromatic carbocycles. The summed E-state index contributed by atoms with van der Waals surface area (Å²) in [6.07, 6.45) is 10.8. The van der Waals surface area contributed by atoms with Crippen LogP contribution in [-0.2, 0) is 0 Å². The third kappa shape index (κ3) is 2.35. The van der Waals surface area contributed by atoms with Gasteiger partial charge in [0.2, 0.25) is 0 Å². The van der Waals surface area contributed by atoms with Crippen molar-refractivity contribution in [1.82, 2.24) is 4.90 Å². The number of likely N-dealkylation sites (N-methyl/N-ethyl adjacent to an activating group) is 1. The number of hydrogen-bond donors (Lipinski definition) is 0. The predicted octanol–water partition coefficient (Wildman–Crippen LogP) is 3.22. The second-order valence-electron chi connectivity index (χ2n) is 4.99. The van der Waals surface area contributed by atoms with Crippen LogP contribution in [0, 0.1) is 0 Å². The van der Waals surface area contributed by atoms with E-state index in [1.807, 2.05) is 0 Å². The summed E-state index contributed by atoms with van der Waals surface area (Å²) in [6, 6.07) is 1.33. The van der Waals surface area contributed by atoms with Crippen molar-refractivity contribution in [2.75, 3.05) is 7.05 Å². The Bertz CT molecular complexity index is 235. The van der Waals surface area contributed by atoms with Gasteiger partial charge in [-0.3, -0.25) is 4.99 Å². The first-order valence-corrected chi connectivity index (χ1v) is 6.62. The maximum atomic E-state index is 4.90. The average Bonchev–Trinajstić information content (AvgIpc) is 2.59. The van der Waals surface area contributed by atoms with Crippen molar-refractivity contribution in [3.63, 3.8) is 0 Å². The minimum absolute atomic E-state index is 0.614. The summed E-state index contributed by atoms with van der Waals surface area (Å²) in [5.41, 5.74) is 0. The van der Waals surface area contributed by atoms with E-state index in [2.05, 4.69) is 18.9 Å². The largest absolute Gasteiger partial charge is 0.358 e. The molecule has 0 aromatic heterocycles. The highest BCUT2D eigenvalue weighted by Crippen LogP contribution is 2.28. The molecule has 86 valence electrons. The predicted molar refractivity (Wildman–Crippen MR) is 65.4 cm³/mol. The van der Waals surface area contributed by atoms with E-state index < -0.39 is 0 Å². The Labute approximate surface area is 93.8 Å². The topological polar surface area (TPSA) is 15.6 Å². The van der Waals surface area contributed by atoms with Crippen LogP contribution >= 0.6 is 0 Å². The molecule has 1 aliphatic heterocycles. The summed E-state index contributed by atoms with van der Waals surface area (Å²) in [6.45, 7) is 2.22. The zero-order valence-electron chi connectivity index (χ0n) is 10.2. The molecule has 0 saturated heterocycles. The van der Waals surface area contributed by atoms with Crippen LogP contribution in [0.15, 0.2) is 4.99 Å². The van der Waals surface area contributed by atoms with Crippen molar-refractivity contribution in [3.05, 3.63) is 0 Å². The maximum absolute atomic E-state index is 4.90. The zero-order chi connectivity index (χ0) is 10.7. The summed E-state index contributed by atoms with van der Waals surface area (Å²) in [5.74, 6) is 1.34. The standard InChI is InChI=1S/C13H24N2/c1-3-13-14-11-9-7-5-4-6-8-10-12(11)15(13)2/h11-12H,3-10H2,1-2H3. The van der Waals surface area contributed by atoms with Crippen LogP contribution in [0.5, 0.6) is 0 Å². The lowest BCUT2D eigenvalue weighted by Crippen LogP contribution is -2.36. The first-order chi connectivity index (χ1) is 7.33. The van der Waals surface area contributed by atoms with Crippen LogP contribution in [0.3, 0.4) is 0 Å². The summed E-state index contributed by atoms with van der Waals surface area (Å²) >= 11 is 0. The van der Waals surface area contributed by atoms with Gasteiger partial charge in [-0.15, -0.1) is 0 Å². The van der Waals surface area contributed by atoms with Gasteiger partial charge in [-0.1, -0.05) is 39.0 Å². The molecule has 2 unspecified atom stereocenters. The van der Waals surface area contributed by atoms with E-state index in [1.54, 1.807) is 0 Å². The number of hydrogen-bond acceptors (Lipinski definition) is 2. The smallest absolute Gasteiger partial charge is 0.0991 e. The molecular formula is C13H24N2. The molecule has 2 heteroatoms. The third-order valence-corrected chi connectivity index (χ3v) is 3.98. The monoisotopic (exact) mass is 208 g/mol. The van der Waals surface area contributed by atoms with E-state index in [9.17, 15) is 0 Å². The van der Waals surface area contributed by atoms with Gasteiger partial charge in [0, 0.05) is 13.5 Å². The molecular weight excluding hydrogens is 184 g/mol. The summed E-state index contributed by atoms with van der Waals surface area (Å²) in [5, 5.41) is 0. The minimum Gasteiger partial charge on any atom is -0.358 e. The Balaban J connectivity index is 2.04. The Hall–Kier alpha value is -0.530. The second kappa shape index (κ2) is 5.00. The molecule has 0 N–H and O–H groups in total. The fourth-order valence-corrected chi connectivity index (χ4v) is 3.04. The van der Waals surface area contributed by atoms with Gasteiger partial charge in [0.1, 0.15) is 0 Å². The lowest BCUT2D eigenvalue weighted by molar-refractivity contribution is 0.315. The number of aliphatic imine (C=N–C) groups is 1. The van der Waals surface area contributed by atoms with Crippen LogP contribution < -0.4 is 0 Å². The quantitative estimate of drug-likeness (QED) is 0.646. The summed E-state index contributed by atoms with van der Waals surface area (Å²) in [4.78, 5) is 7.35. The Morgan fingerprint density at radius 2 is 1.80 bits per heavy atom. The van der Waals surface area contributed by atoms with Gasteiger partial charge in [-0.2, -0.15) is 0 Å². The minimum atomic E-state index is 0.614. The number of rotatable bonds is 1. The van der Waals surface area contributed by atoms with Crippen molar-refractivity contribution in [1.29, 1.82) is 0 Å². The van der Waals surface area contributed by atoms with E-state index in [0.29, 0.717) is 6.04 Å². The van der Waals surface area contributed by atoms with Gasteiger partial charge in [0.15, 0.2) is 0 Å². The Morgan fingerprint density at radius 3 is 2.53 bits per heavy atom. The molecule has 1 saturated carbocycles. The van der Waals surface area contributed by atoms with Crippen molar-refractivity contribution in [2.24, 2.45) is 4.99 Å². The lowest BCUT2D eigenvalue weighted by atomic mass is 10.00. The van der Waals surface area contributed by atoms with E-state index in [-0.39, 0.29) is 0 Å². The number of fused-ring (bicyclic) bond motifs is 1. The highest BCUT2D eigenvalue weighted by atomic mass is 15.3. The molecule has 0 aromatic rings. The maximum Gasteiger partial charge on any atom is 0.0991 e. The normalized spacial score (nSPS) is 32.7. The van der Waals surface area contributed by atoms with Crippen LogP contribution in [0.25, 0.3) is 0 Å². The molecule has 1 aliphatic carbocycles. The van der Waals surface area contributed by atoms with Gasteiger partial charge in [0.05, 0.1) is 17.9 Å². The van der Waals surface area contributed by atoms with Crippen LogP contribution in [0.4, 0.5) is 0 Å². The van der Waals surface area contributed by atoms with E-state index in [1.165, 1.54) is 50.8 Å². The molecule has 2 atom stereocenters. The summed E-state index contributed by atoms with van der Waals surface area (Å²) in [7, 11) is 2.24. The van der Waals surface area contributed by atoms with Gasteiger partial charge in [-0.05, 0) is 12.8 Å².